The lowest BCUT2D eigenvalue weighted by Gasteiger charge is -2.20. The molecule has 1 aliphatic rings. The molecular weight excluding hydrogens is 200 g/mol. The molecule has 2 rings (SSSR count). The van der Waals surface area contributed by atoms with E-state index in [1.54, 1.807) is 17.7 Å². The maximum Gasteiger partial charge on any atom is 0.262 e. The van der Waals surface area contributed by atoms with Crippen LogP contribution in [-0.2, 0) is 0 Å². The molecule has 5 heteroatoms. The topological polar surface area (TPSA) is 63.4 Å². The second kappa shape index (κ2) is 3.18. The smallest absolute Gasteiger partial charge is 0.262 e. The third-order valence-corrected chi connectivity index (χ3v) is 3.09. The molecule has 1 aliphatic heterocycles. The zero-order chi connectivity index (χ0) is 10.3. The summed E-state index contributed by atoms with van der Waals surface area (Å²) in [4.78, 5) is 24.7. The molecule has 0 aromatic carbocycles. The Balaban J connectivity index is 2.40. The van der Waals surface area contributed by atoms with Crippen molar-refractivity contribution in [2.75, 3.05) is 6.54 Å². The van der Waals surface area contributed by atoms with Gasteiger partial charge in [-0.3, -0.25) is 14.5 Å². The lowest BCUT2D eigenvalue weighted by molar-refractivity contribution is 0.0602. The molecule has 2 N–H and O–H groups in total. The average molecular weight is 210 g/mol. The van der Waals surface area contributed by atoms with E-state index in [2.05, 4.69) is 0 Å². The Morgan fingerprint density at radius 1 is 1.36 bits per heavy atom. The number of fused-ring (bicyclic) bond motifs is 1. The first-order valence-corrected chi connectivity index (χ1v) is 5.25. The van der Waals surface area contributed by atoms with Gasteiger partial charge in [0.2, 0.25) is 0 Å². The summed E-state index contributed by atoms with van der Waals surface area (Å²) in [5, 5.41) is 3.41. The number of amides is 2. The van der Waals surface area contributed by atoms with Gasteiger partial charge in [0, 0.05) is 23.3 Å². The van der Waals surface area contributed by atoms with Gasteiger partial charge in [0.05, 0.1) is 11.1 Å². The van der Waals surface area contributed by atoms with E-state index in [9.17, 15) is 9.59 Å². The minimum absolute atomic E-state index is 0.218. The Kier molecular flexibility index (Phi) is 2.13. The summed E-state index contributed by atoms with van der Waals surface area (Å²) in [6.07, 6.45) is 0. The number of nitrogens with two attached hydrogens (primary N) is 1. The van der Waals surface area contributed by atoms with Crippen LogP contribution in [0.2, 0.25) is 0 Å². The van der Waals surface area contributed by atoms with Gasteiger partial charge >= 0.3 is 0 Å². The number of thiophene rings is 1. The van der Waals surface area contributed by atoms with Crippen LogP contribution in [0.3, 0.4) is 0 Å². The molecule has 0 fully saturated rings. The number of nitrogens with zero attached hydrogens (tertiary/aromatic N) is 1. The quantitative estimate of drug-likeness (QED) is 0.730. The van der Waals surface area contributed by atoms with Crippen LogP contribution in [0.5, 0.6) is 0 Å². The van der Waals surface area contributed by atoms with Crippen LogP contribution >= 0.6 is 11.3 Å². The van der Waals surface area contributed by atoms with E-state index in [0.717, 1.165) is 0 Å². The minimum atomic E-state index is -0.229. The Labute approximate surface area is 85.3 Å². The summed E-state index contributed by atoms with van der Waals surface area (Å²) in [7, 11) is 0. The van der Waals surface area contributed by atoms with E-state index < -0.39 is 0 Å². The van der Waals surface area contributed by atoms with Crippen LogP contribution in [0.4, 0.5) is 0 Å². The molecule has 2 amide bonds. The van der Waals surface area contributed by atoms with Crippen LogP contribution in [0.15, 0.2) is 10.8 Å². The highest BCUT2D eigenvalue weighted by Gasteiger charge is 2.38. The fourth-order valence-electron chi connectivity index (χ4n) is 1.49. The monoisotopic (exact) mass is 210 g/mol. The molecule has 1 aromatic rings. The predicted octanol–water partition coefficient (Wildman–Crippen LogP) is 0.691. The van der Waals surface area contributed by atoms with Gasteiger partial charge in [0.15, 0.2) is 0 Å². The average Bonchev–Trinajstić information content (AvgIpc) is 2.72. The van der Waals surface area contributed by atoms with Crippen molar-refractivity contribution in [1.82, 2.24) is 4.90 Å². The first-order valence-electron chi connectivity index (χ1n) is 4.31. The van der Waals surface area contributed by atoms with E-state index >= 15 is 0 Å². The number of rotatable bonds is 2. The lowest BCUT2D eigenvalue weighted by Crippen LogP contribution is -2.42. The maximum absolute atomic E-state index is 11.7. The Morgan fingerprint density at radius 2 is 1.86 bits per heavy atom. The van der Waals surface area contributed by atoms with Gasteiger partial charge in [-0.1, -0.05) is 0 Å². The molecule has 0 aliphatic carbocycles. The molecule has 1 atom stereocenters. The second-order valence-electron chi connectivity index (χ2n) is 3.26. The third-order valence-electron chi connectivity index (χ3n) is 2.34. The Morgan fingerprint density at radius 3 is 2.29 bits per heavy atom. The number of hydrogen-bond acceptors (Lipinski definition) is 4. The van der Waals surface area contributed by atoms with Crippen molar-refractivity contribution in [1.29, 1.82) is 0 Å². The summed E-state index contributed by atoms with van der Waals surface area (Å²) in [5.41, 5.74) is 6.46. The maximum atomic E-state index is 11.7. The van der Waals surface area contributed by atoms with Crippen molar-refractivity contribution in [3.8, 4) is 0 Å². The van der Waals surface area contributed by atoms with Crippen LogP contribution in [0.25, 0.3) is 0 Å². The first-order chi connectivity index (χ1) is 6.66. The molecular formula is C9H10N2O2S. The highest BCUT2D eigenvalue weighted by atomic mass is 32.1. The van der Waals surface area contributed by atoms with Crippen molar-refractivity contribution < 1.29 is 9.59 Å². The third kappa shape index (κ3) is 1.09. The number of carbonyl (C=O) groups is 2. The fraction of sp³-hybridized carbons (Fsp3) is 0.333. The minimum Gasteiger partial charge on any atom is -0.328 e. The van der Waals surface area contributed by atoms with E-state index in [1.165, 1.54) is 16.2 Å². The SMILES string of the molecule is CC(CN)N1C(=O)c2cscc2C1=O. The van der Waals surface area contributed by atoms with E-state index in [4.69, 9.17) is 5.73 Å². The molecule has 1 unspecified atom stereocenters. The lowest BCUT2D eigenvalue weighted by atomic mass is 10.2. The van der Waals surface area contributed by atoms with E-state index in [1.807, 2.05) is 0 Å². The van der Waals surface area contributed by atoms with Gasteiger partial charge in [-0.25, -0.2) is 0 Å². The normalized spacial score (nSPS) is 17.4. The van der Waals surface area contributed by atoms with Crippen molar-refractivity contribution in [2.45, 2.75) is 13.0 Å². The molecule has 2 heterocycles. The van der Waals surface area contributed by atoms with Gasteiger partial charge in [-0.2, -0.15) is 11.3 Å². The number of carbonyl (C=O) groups excluding carboxylic acids is 2. The Bertz CT molecular complexity index is 369. The first kappa shape index (κ1) is 9.36. The number of hydrogen-bond donors (Lipinski definition) is 1. The van der Waals surface area contributed by atoms with Crippen LogP contribution in [0, 0.1) is 0 Å². The van der Waals surface area contributed by atoms with Crippen molar-refractivity contribution in [2.24, 2.45) is 5.73 Å². The van der Waals surface area contributed by atoms with Gasteiger partial charge in [0.1, 0.15) is 0 Å². The van der Waals surface area contributed by atoms with E-state index in [-0.39, 0.29) is 17.9 Å². The van der Waals surface area contributed by atoms with Gasteiger partial charge in [-0.05, 0) is 6.92 Å². The molecule has 0 saturated heterocycles. The van der Waals surface area contributed by atoms with Crippen LogP contribution in [0.1, 0.15) is 27.6 Å². The second-order valence-corrected chi connectivity index (χ2v) is 4.01. The van der Waals surface area contributed by atoms with Crippen molar-refractivity contribution >= 4 is 23.2 Å². The zero-order valence-corrected chi connectivity index (χ0v) is 8.50. The highest BCUT2D eigenvalue weighted by Crippen LogP contribution is 2.27. The molecule has 1 aromatic heterocycles. The largest absolute Gasteiger partial charge is 0.328 e. The van der Waals surface area contributed by atoms with Gasteiger partial charge in [0.25, 0.3) is 11.8 Å². The molecule has 4 nitrogen and oxygen atoms in total. The van der Waals surface area contributed by atoms with Gasteiger partial charge < -0.3 is 5.73 Å². The fourth-order valence-corrected chi connectivity index (χ4v) is 2.28. The summed E-state index contributed by atoms with van der Waals surface area (Å²) in [6, 6.07) is -0.229. The standard InChI is InChI=1S/C9H10N2O2S/c1-5(2-10)11-8(12)6-3-14-4-7(6)9(11)13/h3-5H,2,10H2,1H3. The van der Waals surface area contributed by atoms with Crippen molar-refractivity contribution in [3.05, 3.63) is 21.9 Å². The predicted molar refractivity (Wildman–Crippen MR) is 53.3 cm³/mol. The van der Waals surface area contributed by atoms with E-state index in [0.29, 0.717) is 17.7 Å². The summed E-state index contributed by atoms with van der Waals surface area (Å²) < 4.78 is 0. The van der Waals surface area contributed by atoms with Crippen molar-refractivity contribution in [3.63, 3.8) is 0 Å². The number of imide groups is 1. The summed E-state index contributed by atoms with van der Waals surface area (Å²) in [5.74, 6) is -0.437. The molecule has 0 saturated carbocycles. The summed E-state index contributed by atoms with van der Waals surface area (Å²) >= 11 is 1.37. The van der Waals surface area contributed by atoms with Crippen LogP contribution in [-0.4, -0.2) is 29.3 Å². The summed E-state index contributed by atoms with van der Waals surface area (Å²) in [6.45, 7) is 2.07. The molecule has 14 heavy (non-hydrogen) atoms. The highest BCUT2D eigenvalue weighted by molar-refractivity contribution is 7.08. The zero-order valence-electron chi connectivity index (χ0n) is 7.69. The molecule has 74 valence electrons. The Hall–Kier alpha value is -1.20. The molecule has 0 bridgehead atoms. The van der Waals surface area contributed by atoms with Crippen LogP contribution < -0.4 is 5.73 Å². The van der Waals surface area contributed by atoms with Gasteiger partial charge in [-0.15, -0.1) is 0 Å². The molecule has 0 spiro atoms. The molecule has 0 radical (unpaired) electrons.